The summed E-state index contributed by atoms with van der Waals surface area (Å²) in [5, 5.41) is 0. The highest BCUT2D eigenvalue weighted by Crippen LogP contribution is 2.18. The van der Waals surface area contributed by atoms with Gasteiger partial charge in [0.05, 0.1) is 0 Å². The first-order chi connectivity index (χ1) is 30.9. The lowest BCUT2D eigenvalue weighted by Crippen LogP contribution is -2.30. The summed E-state index contributed by atoms with van der Waals surface area (Å²) in [5.41, 5.74) is 0. The van der Waals surface area contributed by atoms with Crippen molar-refractivity contribution >= 4 is 17.9 Å². The molecule has 0 bridgehead atoms. The predicted octanol–water partition coefficient (Wildman–Crippen LogP) is 18.6. The molecule has 0 amide bonds. The van der Waals surface area contributed by atoms with Crippen LogP contribution < -0.4 is 0 Å². The summed E-state index contributed by atoms with van der Waals surface area (Å²) < 4.78 is 16.9. The van der Waals surface area contributed by atoms with Crippen LogP contribution in [0.5, 0.6) is 0 Å². The summed E-state index contributed by atoms with van der Waals surface area (Å²) in [7, 11) is 0. The molecule has 374 valence electrons. The third-order valence-electron chi connectivity index (χ3n) is 13.0. The zero-order valence-electron chi connectivity index (χ0n) is 43.0. The van der Waals surface area contributed by atoms with Crippen molar-refractivity contribution in [3.63, 3.8) is 0 Å². The number of ether oxygens (including phenoxy) is 3. The Bertz CT molecular complexity index is 949. The maximum absolute atomic E-state index is 12.8. The molecule has 1 atom stereocenters. The van der Waals surface area contributed by atoms with E-state index in [2.05, 4.69) is 27.7 Å². The molecule has 0 aliphatic carbocycles. The van der Waals surface area contributed by atoms with E-state index in [4.69, 9.17) is 14.2 Å². The second-order valence-electron chi connectivity index (χ2n) is 20.1. The highest BCUT2D eigenvalue weighted by molar-refractivity contribution is 5.71. The van der Waals surface area contributed by atoms with E-state index in [1.165, 1.54) is 218 Å². The number of hydrogen-bond acceptors (Lipinski definition) is 6. The van der Waals surface area contributed by atoms with Crippen molar-refractivity contribution in [2.24, 2.45) is 5.92 Å². The van der Waals surface area contributed by atoms with Crippen LogP contribution in [-0.2, 0) is 28.6 Å². The normalized spacial score (nSPS) is 12.0. The minimum atomic E-state index is -0.762. The lowest BCUT2D eigenvalue weighted by molar-refractivity contribution is -0.167. The van der Waals surface area contributed by atoms with Gasteiger partial charge in [0.1, 0.15) is 13.2 Å². The average Bonchev–Trinajstić information content (AvgIpc) is 3.27. The lowest BCUT2D eigenvalue weighted by atomic mass is 10.0. The van der Waals surface area contributed by atoms with Gasteiger partial charge in [0.25, 0.3) is 0 Å². The smallest absolute Gasteiger partial charge is 0.306 e. The van der Waals surface area contributed by atoms with E-state index in [-0.39, 0.29) is 31.1 Å². The van der Waals surface area contributed by atoms with E-state index in [0.29, 0.717) is 19.3 Å². The Morgan fingerprint density at radius 1 is 0.302 bits per heavy atom. The molecule has 0 N–H and O–H groups in total. The van der Waals surface area contributed by atoms with E-state index < -0.39 is 6.10 Å². The maximum atomic E-state index is 12.8. The van der Waals surface area contributed by atoms with Crippen LogP contribution in [0.3, 0.4) is 0 Å². The highest BCUT2D eigenvalue weighted by atomic mass is 16.6. The molecule has 0 aliphatic heterocycles. The second kappa shape index (κ2) is 51.4. The molecule has 0 heterocycles. The van der Waals surface area contributed by atoms with E-state index >= 15 is 0 Å². The van der Waals surface area contributed by atoms with E-state index in [0.717, 1.165) is 63.7 Å². The molecule has 0 spiro atoms. The van der Waals surface area contributed by atoms with E-state index in [9.17, 15) is 14.4 Å². The molecule has 0 fully saturated rings. The zero-order chi connectivity index (χ0) is 45.9. The van der Waals surface area contributed by atoms with Gasteiger partial charge in [-0.1, -0.05) is 285 Å². The number of hydrogen-bond donors (Lipinski definition) is 0. The molecular weight excluding hydrogens is 781 g/mol. The number of carbonyl (C=O) groups excluding carboxylic acids is 3. The fourth-order valence-corrected chi connectivity index (χ4v) is 8.75. The molecule has 0 saturated heterocycles. The molecule has 0 aromatic rings. The molecule has 0 unspecified atom stereocenters. The number of esters is 3. The lowest BCUT2D eigenvalue weighted by Gasteiger charge is -2.18. The molecule has 6 nitrogen and oxygen atoms in total. The quantitative estimate of drug-likeness (QED) is 0.0344. The number of rotatable bonds is 52. The molecule has 0 radical (unpaired) electrons. The van der Waals surface area contributed by atoms with Crippen molar-refractivity contribution in [2.45, 2.75) is 329 Å². The molecular formula is C57H110O6. The van der Waals surface area contributed by atoms with Gasteiger partial charge in [-0.2, -0.15) is 0 Å². The maximum Gasteiger partial charge on any atom is 0.306 e. The SMILES string of the molecule is CCCCCCCCCCCCCCCCCCCCCC(=O)OC[C@@H](COC(=O)CCCCCCCCCCCCCCCCC)OC(=O)CCCCCCCCCCC(C)C. The first-order valence-electron chi connectivity index (χ1n) is 28.4. The van der Waals surface area contributed by atoms with Crippen LogP contribution in [0, 0.1) is 5.92 Å². The second-order valence-corrected chi connectivity index (χ2v) is 20.1. The van der Waals surface area contributed by atoms with Crippen molar-refractivity contribution in [1.82, 2.24) is 0 Å². The van der Waals surface area contributed by atoms with Crippen molar-refractivity contribution in [2.75, 3.05) is 13.2 Å². The Morgan fingerprint density at radius 3 is 0.778 bits per heavy atom. The highest BCUT2D eigenvalue weighted by Gasteiger charge is 2.19. The van der Waals surface area contributed by atoms with Gasteiger partial charge in [0.15, 0.2) is 6.10 Å². The topological polar surface area (TPSA) is 78.9 Å². The summed E-state index contributed by atoms with van der Waals surface area (Å²) in [6.45, 7) is 9.02. The van der Waals surface area contributed by atoms with Crippen molar-refractivity contribution in [3.05, 3.63) is 0 Å². The predicted molar refractivity (Wildman–Crippen MR) is 270 cm³/mol. The van der Waals surface area contributed by atoms with Crippen molar-refractivity contribution < 1.29 is 28.6 Å². The Morgan fingerprint density at radius 2 is 0.524 bits per heavy atom. The standard InChI is InChI=1S/C57H110O6/c1-5-7-9-11-13-15-17-19-21-22-23-24-26-28-30-32-37-41-45-49-56(59)62-52-54(63-57(60)50-46-42-38-34-33-35-39-43-47-53(3)4)51-61-55(58)48-44-40-36-31-29-27-25-20-18-16-14-12-10-8-6-2/h53-54H,5-52H2,1-4H3/t54-/m1/s1. The van der Waals surface area contributed by atoms with Crippen LogP contribution in [0.25, 0.3) is 0 Å². The molecule has 63 heavy (non-hydrogen) atoms. The monoisotopic (exact) mass is 891 g/mol. The van der Waals surface area contributed by atoms with Gasteiger partial charge in [-0.15, -0.1) is 0 Å². The minimum absolute atomic E-state index is 0.0628. The molecule has 0 aromatic heterocycles. The summed E-state index contributed by atoms with van der Waals surface area (Å²) in [6.07, 6.45) is 55.3. The summed E-state index contributed by atoms with van der Waals surface area (Å²) in [6, 6.07) is 0. The molecule has 0 aliphatic rings. The van der Waals surface area contributed by atoms with Gasteiger partial charge >= 0.3 is 17.9 Å². The van der Waals surface area contributed by atoms with Gasteiger partial charge in [-0.25, -0.2) is 0 Å². The summed E-state index contributed by atoms with van der Waals surface area (Å²) in [5.74, 6) is -0.0472. The Kier molecular flexibility index (Phi) is 50.1. The Hall–Kier alpha value is -1.59. The Labute approximate surface area is 393 Å². The van der Waals surface area contributed by atoms with Crippen molar-refractivity contribution in [1.29, 1.82) is 0 Å². The minimum Gasteiger partial charge on any atom is -0.462 e. The number of unbranched alkanes of at least 4 members (excludes halogenated alkanes) is 39. The summed E-state index contributed by atoms with van der Waals surface area (Å²) in [4.78, 5) is 38.0. The van der Waals surface area contributed by atoms with Crippen LogP contribution in [0.1, 0.15) is 323 Å². The van der Waals surface area contributed by atoms with Gasteiger partial charge in [-0.05, 0) is 25.2 Å². The van der Waals surface area contributed by atoms with E-state index in [1.54, 1.807) is 0 Å². The van der Waals surface area contributed by atoms with Gasteiger partial charge in [-0.3, -0.25) is 14.4 Å². The van der Waals surface area contributed by atoms with Crippen LogP contribution in [0.15, 0.2) is 0 Å². The fourth-order valence-electron chi connectivity index (χ4n) is 8.75. The van der Waals surface area contributed by atoms with Crippen LogP contribution >= 0.6 is 0 Å². The van der Waals surface area contributed by atoms with Crippen molar-refractivity contribution in [3.8, 4) is 0 Å². The van der Waals surface area contributed by atoms with Crippen LogP contribution in [0.2, 0.25) is 0 Å². The third kappa shape index (κ3) is 51.3. The number of carbonyl (C=O) groups is 3. The van der Waals surface area contributed by atoms with Crippen LogP contribution in [0.4, 0.5) is 0 Å². The van der Waals surface area contributed by atoms with Crippen LogP contribution in [-0.4, -0.2) is 37.2 Å². The molecule has 0 aromatic carbocycles. The van der Waals surface area contributed by atoms with Gasteiger partial charge in [0.2, 0.25) is 0 Å². The third-order valence-corrected chi connectivity index (χ3v) is 13.0. The average molecular weight is 892 g/mol. The fraction of sp³-hybridized carbons (Fsp3) is 0.947. The molecule has 0 saturated carbocycles. The molecule has 0 rings (SSSR count). The van der Waals surface area contributed by atoms with E-state index in [1.807, 2.05) is 0 Å². The summed E-state index contributed by atoms with van der Waals surface area (Å²) >= 11 is 0. The zero-order valence-corrected chi connectivity index (χ0v) is 43.0. The largest absolute Gasteiger partial charge is 0.462 e. The van der Waals surface area contributed by atoms with Gasteiger partial charge in [0, 0.05) is 19.3 Å². The first-order valence-corrected chi connectivity index (χ1v) is 28.4. The Balaban J connectivity index is 4.23. The first kappa shape index (κ1) is 61.4. The van der Waals surface area contributed by atoms with Gasteiger partial charge < -0.3 is 14.2 Å². The molecule has 6 heteroatoms.